The van der Waals surface area contributed by atoms with Crippen LogP contribution >= 0.6 is 0 Å². The molecule has 1 N–H and O–H groups in total. The molecule has 0 aromatic heterocycles. The molecule has 0 saturated heterocycles. The van der Waals surface area contributed by atoms with Gasteiger partial charge in [-0.25, -0.2) is 0 Å². The Kier molecular flexibility index (Phi) is 3.29. The predicted octanol–water partition coefficient (Wildman–Crippen LogP) is 2.51. The maximum absolute atomic E-state index is 9.77. The Hall–Kier alpha value is -1.22. The Bertz CT molecular complexity index is 380. The molecule has 0 heterocycles. The van der Waals surface area contributed by atoms with Gasteiger partial charge in [0.1, 0.15) is 11.5 Å². The molecule has 0 amide bonds. The SMILES string of the molecule is COc1cccc(OC)c1C1(C)CCC(O)C1. The van der Waals surface area contributed by atoms with Gasteiger partial charge in [0, 0.05) is 11.0 Å². The summed E-state index contributed by atoms with van der Waals surface area (Å²) in [5.41, 5.74) is 1.03. The molecule has 2 rings (SSSR count). The van der Waals surface area contributed by atoms with Crippen LogP contribution in [0.3, 0.4) is 0 Å². The van der Waals surface area contributed by atoms with Gasteiger partial charge in [0.2, 0.25) is 0 Å². The van der Waals surface area contributed by atoms with Crippen LogP contribution in [0.2, 0.25) is 0 Å². The van der Waals surface area contributed by atoms with E-state index in [-0.39, 0.29) is 11.5 Å². The molecular formula is C14H20O3. The zero-order chi connectivity index (χ0) is 12.5. The molecule has 1 aliphatic carbocycles. The van der Waals surface area contributed by atoms with Crippen molar-refractivity contribution < 1.29 is 14.6 Å². The molecule has 0 bridgehead atoms. The van der Waals surface area contributed by atoms with E-state index in [2.05, 4.69) is 6.92 Å². The summed E-state index contributed by atoms with van der Waals surface area (Å²) >= 11 is 0. The Morgan fingerprint density at radius 1 is 1.24 bits per heavy atom. The standard InChI is InChI=1S/C14H20O3/c1-14(8-7-10(15)9-14)13-11(16-2)5-4-6-12(13)17-3/h4-6,10,15H,7-9H2,1-3H3. The Balaban J connectivity index is 2.49. The lowest BCUT2D eigenvalue weighted by Crippen LogP contribution is -2.21. The summed E-state index contributed by atoms with van der Waals surface area (Å²) in [6.45, 7) is 2.17. The van der Waals surface area contributed by atoms with Gasteiger partial charge >= 0.3 is 0 Å². The van der Waals surface area contributed by atoms with Crippen molar-refractivity contribution in [3.8, 4) is 11.5 Å². The smallest absolute Gasteiger partial charge is 0.126 e. The minimum Gasteiger partial charge on any atom is -0.496 e. The molecule has 1 aliphatic rings. The van der Waals surface area contributed by atoms with E-state index in [4.69, 9.17) is 9.47 Å². The first-order valence-electron chi connectivity index (χ1n) is 6.00. The minimum absolute atomic E-state index is 0.0582. The highest BCUT2D eigenvalue weighted by atomic mass is 16.5. The second-order valence-corrected chi connectivity index (χ2v) is 4.99. The number of hydrogen-bond donors (Lipinski definition) is 1. The van der Waals surface area contributed by atoms with Crippen molar-refractivity contribution in [3.63, 3.8) is 0 Å². The van der Waals surface area contributed by atoms with Gasteiger partial charge in [0.25, 0.3) is 0 Å². The van der Waals surface area contributed by atoms with Crippen molar-refractivity contribution in [2.45, 2.75) is 37.7 Å². The fourth-order valence-electron chi connectivity index (χ4n) is 2.88. The number of rotatable bonds is 3. The van der Waals surface area contributed by atoms with Gasteiger partial charge in [-0.05, 0) is 31.4 Å². The van der Waals surface area contributed by atoms with E-state index in [1.54, 1.807) is 14.2 Å². The van der Waals surface area contributed by atoms with Crippen LogP contribution in [0.4, 0.5) is 0 Å². The quantitative estimate of drug-likeness (QED) is 0.876. The highest BCUT2D eigenvalue weighted by Gasteiger charge is 2.39. The molecule has 1 aromatic rings. The van der Waals surface area contributed by atoms with Gasteiger partial charge in [-0.3, -0.25) is 0 Å². The number of benzene rings is 1. The molecule has 0 aliphatic heterocycles. The Labute approximate surface area is 102 Å². The minimum atomic E-state index is -0.213. The van der Waals surface area contributed by atoms with E-state index in [1.807, 2.05) is 18.2 Å². The second-order valence-electron chi connectivity index (χ2n) is 4.99. The fourth-order valence-corrected chi connectivity index (χ4v) is 2.88. The highest BCUT2D eigenvalue weighted by Crippen LogP contribution is 2.48. The molecule has 0 radical (unpaired) electrons. The lowest BCUT2D eigenvalue weighted by Gasteiger charge is -2.28. The van der Waals surface area contributed by atoms with Crippen LogP contribution in [0.15, 0.2) is 18.2 Å². The van der Waals surface area contributed by atoms with E-state index in [0.717, 1.165) is 36.3 Å². The van der Waals surface area contributed by atoms with E-state index in [9.17, 15) is 5.11 Å². The first kappa shape index (κ1) is 12.2. The average Bonchev–Trinajstić information content (AvgIpc) is 2.69. The number of aliphatic hydroxyl groups is 1. The maximum atomic E-state index is 9.77. The van der Waals surface area contributed by atoms with Crippen LogP contribution in [-0.4, -0.2) is 25.4 Å². The third kappa shape index (κ3) is 2.12. The summed E-state index contributed by atoms with van der Waals surface area (Å²) < 4.78 is 10.9. The maximum Gasteiger partial charge on any atom is 0.126 e. The molecule has 1 aromatic carbocycles. The second kappa shape index (κ2) is 4.57. The van der Waals surface area contributed by atoms with Crippen molar-refractivity contribution in [2.24, 2.45) is 0 Å². The molecule has 0 spiro atoms. The van der Waals surface area contributed by atoms with Crippen molar-refractivity contribution in [3.05, 3.63) is 23.8 Å². The third-order valence-electron chi connectivity index (χ3n) is 3.75. The Morgan fingerprint density at radius 3 is 2.24 bits per heavy atom. The van der Waals surface area contributed by atoms with Crippen LogP contribution < -0.4 is 9.47 Å². The zero-order valence-electron chi connectivity index (χ0n) is 10.7. The molecule has 2 atom stereocenters. The van der Waals surface area contributed by atoms with Crippen LogP contribution in [0.5, 0.6) is 11.5 Å². The first-order chi connectivity index (χ1) is 8.10. The third-order valence-corrected chi connectivity index (χ3v) is 3.75. The van der Waals surface area contributed by atoms with Crippen molar-refractivity contribution in [2.75, 3.05) is 14.2 Å². The normalized spacial score (nSPS) is 28.1. The summed E-state index contributed by atoms with van der Waals surface area (Å²) in [5.74, 6) is 1.70. The molecule has 3 heteroatoms. The number of hydrogen-bond acceptors (Lipinski definition) is 3. The van der Waals surface area contributed by atoms with Crippen LogP contribution in [-0.2, 0) is 5.41 Å². The molecule has 3 nitrogen and oxygen atoms in total. The van der Waals surface area contributed by atoms with Crippen LogP contribution in [0.25, 0.3) is 0 Å². The summed E-state index contributed by atoms with van der Waals surface area (Å²) in [7, 11) is 3.35. The molecule has 1 saturated carbocycles. The van der Waals surface area contributed by atoms with Crippen molar-refractivity contribution in [1.82, 2.24) is 0 Å². The van der Waals surface area contributed by atoms with Crippen molar-refractivity contribution in [1.29, 1.82) is 0 Å². The van der Waals surface area contributed by atoms with Gasteiger partial charge in [-0.15, -0.1) is 0 Å². The van der Waals surface area contributed by atoms with Crippen LogP contribution in [0, 0.1) is 0 Å². The predicted molar refractivity (Wildman–Crippen MR) is 66.8 cm³/mol. The van der Waals surface area contributed by atoms with Gasteiger partial charge in [0.15, 0.2) is 0 Å². The monoisotopic (exact) mass is 236 g/mol. The lowest BCUT2D eigenvalue weighted by atomic mass is 9.79. The summed E-state index contributed by atoms with van der Waals surface area (Å²) in [5, 5.41) is 9.77. The van der Waals surface area contributed by atoms with E-state index < -0.39 is 0 Å². The molecule has 1 fully saturated rings. The topological polar surface area (TPSA) is 38.7 Å². The largest absolute Gasteiger partial charge is 0.496 e. The average molecular weight is 236 g/mol. The van der Waals surface area contributed by atoms with Crippen LogP contribution in [0.1, 0.15) is 31.7 Å². The highest BCUT2D eigenvalue weighted by molar-refractivity contribution is 5.50. The lowest BCUT2D eigenvalue weighted by molar-refractivity contribution is 0.174. The molecule has 17 heavy (non-hydrogen) atoms. The molecular weight excluding hydrogens is 216 g/mol. The Morgan fingerprint density at radius 2 is 1.82 bits per heavy atom. The van der Waals surface area contributed by atoms with Gasteiger partial charge in [-0.2, -0.15) is 0 Å². The summed E-state index contributed by atoms with van der Waals surface area (Å²) in [4.78, 5) is 0. The van der Waals surface area contributed by atoms with Gasteiger partial charge < -0.3 is 14.6 Å². The number of ether oxygens (including phenoxy) is 2. The zero-order valence-corrected chi connectivity index (χ0v) is 10.7. The van der Waals surface area contributed by atoms with E-state index >= 15 is 0 Å². The molecule has 2 unspecified atom stereocenters. The number of methoxy groups -OCH3 is 2. The summed E-state index contributed by atoms with van der Waals surface area (Å²) in [6, 6.07) is 5.83. The van der Waals surface area contributed by atoms with E-state index in [0.29, 0.717) is 0 Å². The first-order valence-corrected chi connectivity index (χ1v) is 6.00. The van der Waals surface area contributed by atoms with Gasteiger partial charge in [-0.1, -0.05) is 13.0 Å². The van der Waals surface area contributed by atoms with E-state index in [1.165, 1.54) is 0 Å². The van der Waals surface area contributed by atoms with Gasteiger partial charge in [0.05, 0.1) is 20.3 Å². The summed E-state index contributed by atoms with van der Waals surface area (Å²) in [6.07, 6.45) is 2.36. The van der Waals surface area contributed by atoms with Crippen molar-refractivity contribution >= 4 is 0 Å². The fraction of sp³-hybridized carbons (Fsp3) is 0.571. The molecule has 94 valence electrons. The number of aliphatic hydroxyl groups excluding tert-OH is 1.